The minimum atomic E-state index is -2.99. The van der Waals surface area contributed by atoms with Crippen LogP contribution in [0.5, 0.6) is 46.0 Å². The Morgan fingerprint density at radius 1 is 0.625 bits per heavy atom. The lowest BCUT2D eigenvalue weighted by Gasteiger charge is -2.54. The van der Waals surface area contributed by atoms with Gasteiger partial charge in [0.25, 0.3) is 5.91 Å². The molecule has 0 unspecified atom stereocenters. The number of benzene rings is 6. The van der Waals surface area contributed by atoms with Crippen molar-refractivity contribution >= 4 is 76.4 Å². The van der Waals surface area contributed by atoms with Crippen LogP contribution < -0.4 is 83.0 Å². The highest BCUT2D eigenvalue weighted by atomic mass is 35.5. The summed E-state index contributed by atoms with van der Waals surface area (Å²) < 4.78 is 37.3. The molecule has 6 aliphatic heterocycles. The zero-order valence-electron chi connectivity index (χ0n) is 65.2. The number of ether oxygens (including phenoxy) is 6. The molecule has 1 saturated heterocycles. The second-order valence-electron chi connectivity index (χ2n) is 32.1. The van der Waals surface area contributed by atoms with Gasteiger partial charge < -0.3 is 128 Å². The number of phenols is 1. The van der Waals surface area contributed by atoms with Crippen LogP contribution in [-0.2, 0) is 48.9 Å². The second kappa shape index (κ2) is 35.8. The molecule has 6 aromatic carbocycles. The van der Waals surface area contributed by atoms with Crippen molar-refractivity contribution in [2.24, 2.45) is 41.1 Å². The summed E-state index contributed by atoms with van der Waals surface area (Å²) >= 11 is 14.3. The molecule has 9 amide bonds. The summed E-state index contributed by atoms with van der Waals surface area (Å²) in [6.45, 7) is 3.41. The number of nitrogens with two attached hydrogens (primary N) is 2. The quantitative estimate of drug-likeness (QED) is 0.0360. The fourth-order valence-corrected chi connectivity index (χ4v) is 18.0. The second-order valence-corrected chi connectivity index (χ2v) is 32.9. The molecule has 35 nitrogen and oxygen atoms in total. The number of rotatable bonds is 21. The SMILES string of the molecule is CN[C@H](CC(C)C)C(=O)N[C@H]1C(=O)N[C@@H](CC(=O)NC(=O)c2ccc(OCCCN)c(OCCCN)c2)C(=O)N[C@H]2C(=O)N[C@H]3C(=O)N[C@H](C(=O)N[C@H](C(=O)NC4C5CC6CC(C5)CC4C6)c4cc(O)cc5c4-c4cc3ccc4C5(O)O)[C@H](O)c3ccc(c(Cl)c3)Oc3cc2cc(c3O[C@@H]2O[C@H](CO)[C@@H](O)[C@H](O)[C@H]2O)Oc2ccc(cc2Cl)[C@H]1O. The number of halogens is 2. The van der Waals surface area contributed by atoms with Crippen molar-refractivity contribution in [3.05, 3.63) is 152 Å². The summed E-state index contributed by atoms with van der Waals surface area (Å²) in [5.74, 6) is -16.0. The van der Waals surface area contributed by atoms with Gasteiger partial charge in [-0.05, 0) is 213 Å². The number of imide groups is 1. The van der Waals surface area contributed by atoms with Crippen molar-refractivity contribution in [2.75, 3.05) is 40.0 Å². The maximum atomic E-state index is 16.6. The number of phenolic OH excluding ortho intramolecular Hbond substituents is 1. The number of carbonyl (C=O) groups excluding carboxylic acids is 9. The van der Waals surface area contributed by atoms with Gasteiger partial charge in [-0.15, -0.1) is 0 Å². The summed E-state index contributed by atoms with van der Waals surface area (Å²) in [6.07, 6.45) is -10.1. The number of aliphatic hydroxyl groups is 8. The molecule has 4 saturated carbocycles. The monoisotopic (exact) mass is 1700 g/mol. The molecule has 15 bridgehead atoms. The van der Waals surface area contributed by atoms with E-state index in [1.165, 1.54) is 67.7 Å². The highest BCUT2D eigenvalue weighted by Crippen LogP contribution is 2.56. The van der Waals surface area contributed by atoms with Crippen LogP contribution in [0, 0.1) is 29.6 Å². The highest BCUT2D eigenvalue weighted by molar-refractivity contribution is 6.32. The molecule has 5 aliphatic carbocycles. The van der Waals surface area contributed by atoms with Gasteiger partial charge in [0, 0.05) is 22.7 Å². The number of aliphatic hydroxyl groups excluding tert-OH is 6. The molecule has 0 radical (unpaired) electrons. The third-order valence-electron chi connectivity index (χ3n) is 23.4. The highest BCUT2D eigenvalue weighted by Gasteiger charge is 2.52. The molecule has 14 atom stereocenters. The number of hydrogen-bond acceptors (Lipinski definition) is 27. The average Bonchev–Trinajstić information content (AvgIpc) is 1.55. The fourth-order valence-electron chi connectivity index (χ4n) is 17.6. The molecular formula is C83H95Cl2N11O24. The molecule has 0 spiro atoms. The molecule has 22 N–H and O–H groups in total. The fraction of sp³-hybridized carbons (Fsp3) is 0.458. The van der Waals surface area contributed by atoms with E-state index in [1.54, 1.807) is 0 Å². The third kappa shape index (κ3) is 17.6. The molecule has 640 valence electrons. The first kappa shape index (κ1) is 86.0. The van der Waals surface area contributed by atoms with Crippen LogP contribution in [0.4, 0.5) is 0 Å². The molecule has 5 fully saturated rings. The van der Waals surface area contributed by atoms with Crippen LogP contribution in [-0.4, -0.2) is 200 Å². The summed E-state index contributed by atoms with van der Waals surface area (Å²) in [5.41, 5.74) is 9.06. The zero-order chi connectivity index (χ0) is 85.6. The van der Waals surface area contributed by atoms with Gasteiger partial charge in [-0.2, -0.15) is 0 Å². The van der Waals surface area contributed by atoms with Crippen molar-refractivity contribution < 1.29 is 118 Å². The lowest BCUT2D eigenvalue weighted by molar-refractivity contribution is -0.277. The standard InChI is InChI=1S/C83H95Cl2N11O24/c1-34(2)18-51(88-3)75(106)95-66-68(100)38-7-11-53(49(84)25-38)117-57-28-43-29-58(73(57)120-82-72(104)71(103)70(102)59(33-97)119-82)118-54-12-8-39(26-50(54)85)69(101)67-81(112)94-65(79(110)91-62-41-20-35-19-36(22-41)23-42(62)21-35)46-30-44(98)31-48-61(46)45-24-37(6-10-47(45)83(48,113)114)63(77(108)96-67)93-78(109)64(43)92-76(107)52(89-80(66)111)32-60(99)90-74(105)40-9-13-55(115-16-4-14-86)56(27-40)116-17-5-15-87/h6-13,24-31,34-36,41-42,51-52,59,62-72,82,88,97-98,100-104,113-114H,4-5,14-23,32-33,86-87H2,1-3H3,(H,89,111)(H,91,110)(H,92,107)(H,93,109)(H,94,112)(H,95,106)(H,96,108)(H,90,99,105)/t35?,36?,41?,42?,51-,52+,59-,62?,63-,64-,65+,66-,67+,68-,69-,70-,71+,72-,82+/m1/s1. The van der Waals surface area contributed by atoms with E-state index in [2.05, 4.69) is 47.9 Å². The van der Waals surface area contributed by atoms with Crippen molar-refractivity contribution in [2.45, 2.75) is 169 Å². The summed E-state index contributed by atoms with van der Waals surface area (Å²) in [7, 11) is 1.47. The first-order valence-electron chi connectivity index (χ1n) is 39.7. The van der Waals surface area contributed by atoms with E-state index < -0.39 is 191 Å². The van der Waals surface area contributed by atoms with Crippen LogP contribution in [0.15, 0.2) is 97.1 Å². The van der Waals surface area contributed by atoms with Gasteiger partial charge in [0.2, 0.25) is 65.1 Å². The minimum absolute atomic E-state index is 0.0670. The van der Waals surface area contributed by atoms with Gasteiger partial charge in [0.05, 0.1) is 42.3 Å². The maximum absolute atomic E-state index is 16.6. The van der Waals surface area contributed by atoms with E-state index in [9.17, 15) is 60.3 Å². The van der Waals surface area contributed by atoms with Crippen molar-refractivity contribution in [1.82, 2.24) is 47.9 Å². The Balaban J connectivity index is 0.946. The van der Waals surface area contributed by atoms with Crippen LogP contribution in [0.3, 0.4) is 0 Å². The lowest BCUT2D eigenvalue weighted by atomic mass is 9.54. The van der Waals surface area contributed by atoms with E-state index >= 15 is 28.8 Å². The molecule has 6 heterocycles. The molecule has 6 aromatic rings. The molecule has 11 aliphatic rings. The van der Waals surface area contributed by atoms with Crippen molar-refractivity contribution in [1.29, 1.82) is 0 Å². The van der Waals surface area contributed by atoms with Crippen LogP contribution in [0.1, 0.15) is 151 Å². The minimum Gasteiger partial charge on any atom is -0.508 e. The first-order chi connectivity index (χ1) is 57.3. The van der Waals surface area contributed by atoms with Crippen molar-refractivity contribution in [3.63, 3.8) is 0 Å². The maximum Gasteiger partial charge on any atom is 0.257 e. The number of carbonyl (C=O) groups is 9. The van der Waals surface area contributed by atoms with Gasteiger partial charge in [0.1, 0.15) is 90.1 Å². The predicted octanol–water partition coefficient (Wildman–Crippen LogP) is 1.74. The normalized spacial score (nSPS) is 27.9. The number of aromatic hydroxyl groups is 1. The van der Waals surface area contributed by atoms with E-state index in [4.69, 9.17) is 63.1 Å². The summed E-state index contributed by atoms with van der Waals surface area (Å²) in [4.78, 5) is 139. The van der Waals surface area contributed by atoms with Gasteiger partial charge in [-0.1, -0.05) is 61.3 Å². The first-order valence-corrected chi connectivity index (χ1v) is 40.5. The van der Waals surface area contributed by atoms with Gasteiger partial charge >= 0.3 is 0 Å². The number of hydrogen-bond donors (Lipinski definition) is 20. The van der Waals surface area contributed by atoms with Crippen LogP contribution >= 0.6 is 23.2 Å². The van der Waals surface area contributed by atoms with Crippen LogP contribution in [0.2, 0.25) is 10.0 Å². The Hall–Kier alpha value is -10.4. The Morgan fingerprint density at radius 3 is 1.85 bits per heavy atom. The Morgan fingerprint density at radius 2 is 1.23 bits per heavy atom. The van der Waals surface area contributed by atoms with Crippen LogP contribution in [0.25, 0.3) is 11.1 Å². The van der Waals surface area contributed by atoms with E-state index in [1.807, 2.05) is 13.8 Å². The smallest absolute Gasteiger partial charge is 0.257 e. The number of likely N-dealkylation sites (N-methyl/N-ethyl adjacent to an activating group) is 1. The molecular weight excluding hydrogens is 1610 g/mol. The van der Waals surface area contributed by atoms with E-state index in [-0.39, 0.29) is 135 Å². The number of nitrogens with one attached hydrogen (secondary N) is 9. The topological polar surface area (TPSA) is 551 Å². The Labute approximate surface area is 696 Å². The molecule has 0 aromatic heterocycles. The Bertz CT molecular complexity index is 4970. The summed E-state index contributed by atoms with van der Waals surface area (Å²) in [6, 6.07) is 4.38. The molecule has 17 rings (SSSR count). The number of fused-ring (bicyclic) bond motifs is 12. The van der Waals surface area contributed by atoms with E-state index in [0.717, 1.165) is 68.5 Å². The van der Waals surface area contributed by atoms with Gasteiger partial charge in [-0.3, -0.25) is 48.5 Å². The third-order valence-corrected chi connectivity index (χ3v) is 24.0. The lowest BCUT2D eigenvalue weighted by Crippen LogP contribution is -2.60. The predicted molar refractivity (Wildman–Crippen MR) is 424 cm³/mol. The van der Waals surface area contributed by atoms with Crippen molar-refractivity contribution in [3.8, 4) is 57.1 Å². The zero-order valence-corrected chi connectivity index (χ0v) is 66.8. The molecule has 37 heteroatoms. The van der Waals surface area contributed by atoms with Gasteiger partial charge in [0.15, 0.2) is 23.0 Å². The Kier molecular flexibility index (Phi) is 25.6. The van der Waals surface area contributed by atoms with E-state index in [0.29, 0.717) is 24.7 Å². The summed E-state index contributed by atoms with van der Waals surface area (Å²) in [5, 5.41) is 129. The average molecular weight is 1700 g/mol. The number of amides is 9. The molecule has 120 heavy (non-hydrogen) atoms. The largest absolute Gasteiger partial charge is 0.508 e. The van der Waals surface area contributed by atoms with Gasteiger partial charge in [-0.25, -0.2) is 0 Å².